The lowest BCUT2D eigenvalue weighted by Crippen LogP contribution is -2.17. The Labute approximate surface area is 147 Å². The van der Waals surface area contributed by atoms with Crippen molar-refractivity contribution in [3.05, 3.63) is 59.2 Å². The molecule has 24 heavy (non-hydrogen) atoms. The van der Waals surface area contributed by atoms with Crippen molar-refractivity contribution >= 4 is 0 Å². The van der Waals surface area contributed by atoms with Crippen LogP contribution in [0.3, 0.4) is 0 Å². The molecule has 1 aromatic carbocycles. The van der Waals surface area contributed by atoms with E-state index in [1.807, 2.05) is 0 Å². The number of aliphatic hydroxyl groups excluding tert-OH is 1. The first-order valence-electron chi connectivity index (χ1n) is 9.58. The van der Waals surface area contributed by atoms with Gasteiger partial charge in [-0.15, -0.1) is 0 Å². The lowest BCUT2D eigenvalue weighted by molar-refractivity contribution is 0.168. The molecule has 0 saturated heterocycles. The molecule has 0 fully saturated rings. The smallest absolute Gasteiger partial charge is 0.102 e. The number of rotatable bonds is 10. The van der Waals surface area contributed by atoms with Crippen molar-refractivity contribution in [1.29, 1.82) is 0 Å². The molecule has 0 heterocycles. The largest absolute Gasteiger partial charge is 0.379 e. The Balaban J connectivity index is 1.76. The Morgan fingerprint density at radius 3 is 2.46 bits per heavy atom. The Bertz CT molecular complexity index is 527. The average molecular weight is 328 g/mol. The summed E-state index contributed by atoms with van der Waals surface area (Å²) in [5.74, 6) is 0.518. The molecule has 0 radical (unpaired) electrons. The molecular formula is C22H33NO. The predicted octanol–water partition coefficient (Wildman–Crippen LogP) is 5.23. The van der Waals surface area contributed by atoms with Gasteiger partial charge < -0.3 is 10.8 Å². The predicted molar refractivity (Wildman–Crippen MR) is 103 cm³/mol. The van der Waals surface area contributed by atoms with Gasteiger partial charge in [0, 0.05) is 5.92 Å². The fourth-order valence-corrected chi connectivity index (χ4v) is 3.29. The molecule has 2 atom stereocenters. The van der Waals surface area contributed by atoms with Crippen LogP contribution in [-0.2, 0) is 6.42 Å². The van der Waals surface area contributed by atoms with Crippen LogP contribution in [0, 0.1) is 0 Å². The molecular weight excluding hydrogens is 294 g/mol. The highest BCUT2D eigenvalue weighted by atomic mass is 16.3. The molecule has 3 N–H and O–H groups in total. The summed E-state index contributed by atoms with van der Waals surface area (Å²) in [7, 11) is 0. The zero-order chi connectivity index (χ0) is 17.2. The van der Waals surface area contributed by atoms with Crippen LogP contribution in [0.1, 0.15) is 75.3 Å². The van der Waals surface area contributed by atoms with Gasteiger partial charge in [-0.3, -0.25) is 0 Å². The lowest BCUT2D eigenvalue weighted by Gasteiger charge is -2.17. The van der Waals surface area contributed by atoms with Gasteiger partial charge in [-0.1, -0.05) is 67.8 Å². The number of nitrogens with two attached hydrogens (primary N) is 1. The van der Waals surface area contributed by atoms with Gasteiger partial charge in [-0.05, 0) is 56.1 Å². The van der Waals surface area contributed by atoms with Crippen molar-refractivity contribution in [1.82, 2.24) is 0 Å². The number of unbranched alkanes of at least 4 members (excludes halogenated alkanes) is 3. The summed E-state index contributed by atoms with van der Waals surface area (Å²) < 4.78 is 0. The third kappa shape index (κ3) is 6.62. The van der Waals surface area contributed by atoms with Crippen molar-refractivity contribution in [3.63, 3.8) is 0 Å². The Morgan fingerprint density at radius 2 is 1.83 bits per heavy atom. The fraction of sp³-hybridized carbons (Fsp3) is 0.545. The van der Waals surface area contributed by atoms with Gasteiger partial charge in [0.25, 0.3) is 0 Å². The summed E-state index contributed by atoms with van der Waals surface area (Å²) in [6.45, 7) is 2.25. The number of aryl methyl sites for hydroxylation is 1. The highest BCUT2D eigenvalue weighted by molar-refractivity contribution is 5.34. The Hall–Kier alpha value is -1.38. The zero-order valence-corrected chi connectivity index (χ0v) is 15.1. The van der Waals surface area contributed by atoms with E-state index in [9.17, 15) is 0 Å². The molecule has 1 aromatic rings. The van der Waals surface area contributed by atoms with Crippen molar-refractivity contribution < 1.29 is 5.11 Å². The van der Waals surface area contributed by atoms with Gasteiger partial charge in [0.2, 0.25) is 0 Å². The van der Waals surface area contributed by atoms with Crippen molar-refractivity contribution in [3.8, 4) is 0 Å². The van der Waals surface area contributed by atoms with Gasteiger partial charge in [0.1, 0.15) is 6.23 Å². The molecule has 2 unspecified atom stereocenters. The van der Waals surface area contributed by atoms with Crippen LogP contribution in [-0.4, -0.2) is 11.3 Å². The van der Waals surface area contributed by atoms with Crippen molar-refractivity contribution in [2.45, 2.75) is 76.9 Å². The highest BCUT2D eigenvalue weighted by Crippen LogP contribution is 2.28. The monoisotopic (exact) mass is 327 g/mol. The number of benzene rings is 1. The summed E-state index contributed by atoms with van der Waals surface area (Å²) in [5.41, 5.74) is 9.68. The number of hydrogen-bond donors (Lipinski definition) is 2. The summed E-state index contributed by atoms with van der Waals surface area (Å²) in [6.07, 6.45) is 16.4. The third-order valence-corrected chi connectivity index (χ3v) is 4.87. The van der Waals surface area contributed by atoms with E-state index in [1.165, 1.54) is 42.4 Å². The molecule has 2 rings (SSSR count). The maximum atomic E-state index is 9.08. The lowest BCUT2D eigenvalue weighted by atomic mass is 9.88. The standard InChI is InChI=1S/C22H33NO/c1-2-3-4-7-18-10-14-20(15-11-18)21-16-12-19(13-17-21)8-5-6-9-22(23)24/h10-16,21-22,24H,2-9,17,23H2,1H3. The van der Waals surface area contributed by atoms with Gasteiger partial charge in [0.05, 0.1) is 0 Å². The van der Waals surface area contributed by atoms with E-state index in [0.717, 1.165) is 25.7 Å². The van der Waals surface area contributed by atoms with E-state index in [4.69, 9.17) is 10.8 Å². The molecule has 1 aliphatic rings. The quantitative estimate of drug-likeness (QED) is 0.457. The summed E-state index contributed by atoms with van der Waals surface area (Å²) in [5, 5.41) is 9.08. The number of allylic oxidation sites excluding steroid dienone is 4. The molecule has 2 heteroatoms. The second-order valence-electron chi connectivity index (χ2n) is 6.99. The molecule has 0 saturated carbocycles. The highest BCUT2D eigenvalue weighted by Gasteiger charge is 2.11. The van der Waals surface area contributed by atoms with Crippen molar-refractivity contribution in [2.24, 2.45) is 5.73 Å². The van der Waals surface area contributed by atoms with E-state index in [0.29, 0.717) is 12.3 Å². The molecule has 0 aromatic heterocycles. The van der Waals surface area contributed by atoms with Gasteiger partial charge >= 0.3 is 0 Å². The van der Waals surface area contributed by atoms with E-state index in [1.54, 1.807) is 0 Å². The Kier molecular flexibility index (Phi) is 8.27. The van der Waals surface area contributed by atoms with Gasteiger partial charge in [-0.2, -0.15) is 0 Å². The number of aliphatic hydroxyl groups is 1. The summed E-state index contributed by atoms with van der Waals surface area (Å²) >= 11 is 0. The minimum absolute atomic E-state index is 0.518. The average Bonchev–Trinajstić information content (AvgIpc) is 2.60. The minimum atomic E-state index is -0.657. The molecule has 0 amide bonds. The molecule has 0 aliphatic heterocycles. The maximum Gasteiger partial charge on any atom is 0.102 e. The van der Waals surface area contributed by atoms with Crippen LogP contribution in [0.2, 0.25) is 0 Å². The van der Waals surface area contributed by atoms with Crippen LogP contribution in [0.25, 0.3) is 0 Å². The fourth-order valence-electron chi connectivity index (χ4n) is 3.29. The zero-order valence-electron chi connectivity index (χ0n) is 15.1. The van der Waals surface area contributed by atoms with Crippen LogP contribution in [0.4, 0.5) is 0 Å². The van der Waals surface area contributed by atoms with Crippen molar-refractivity contribution in [2.75, 3.05) is 0 Å². The third-order valence-electron chi connectivity index (χ3n) is 4.87. The minimum Gasteiger partial charge on any atom is -0.379 e. The Morgan fingerprint density at radius 1 is 1.08 bits per heavy atom. The van der Waals surface area contributed by atoms with E-state index >= 15 is 0 Å². The van der Waals surface area contributed by atoms with Gasteiger partial charge in [-0.25, -0.2) is 0 Å². The summed E-state index contributed by atoms with van der Waals surface area (Å²) in [6, 6.07) is 9.21. The molecule has 1 aliphatic carbocycles. The van der Waals surface area contributed by atoms with Crippen LogP contribution in [0.5, 0.6) is 0 Å². The van der Waals surface area contributed by atoms with Crippen LogP contribution < -0.4 is 5.73 Å². The molecule has 0 bridgehead atoms. The van der Waals surface area contributed by atoms with E-state index in [2.05, 4.69) is 49.4 Å². The summed E-state index contributed by atoms with van der Waals surface area (Å²) in [4.78, 5) is 0. The SMILES string of the molecule is CCCCCc1ccc(C2C=CC(CCCCC(N)O)=CC2)cc1. The van der Waals surface area contributed by atoms with Gasteiger partial charge in [0.15, 0.2) is 0 Å². The van der Waals surface area contributed by atoms with Crippen LogP contribution in [0.15, 0.2) is 48.1 Å². The second-order valence-corrected chi connectivity index (χ2v) is 6.99. The van der Waals surface area contributed by atoms with Crippen LogP contribution >= 0.6 is 0 Å². The first-order valence-corrected chi connectivity index (χ1v) is 9.58. The molecule has 132 valence electrons. The first-order chi connectivity index (χ1) is 11.7. The molecule has 0 spiro atoms. The van der Waals surface area contributed by atoms with E-state index in [-0.39, 0.29) is 0 Å². The maximum absolute atomic E-state index is 9.08. The topological polar surface area (TPSA) is 46.2 Å². The normalized spacial score (nSPS) is 18.5. The second kappa shape index (κ2) is 10.5. The number of hydrogen-bond acceptors (Lipinski definition) is 2. The molecule has 2 nitrogen and oxygen atoms in total. The van der Waals surface area contributed by atoms with E-state index < -0.39 is 6.23 Å². The first kappa shape index (κ1) is 19.0.